The van der Waals surface area contributed by atoms with Gasteiger partial charge in [-0.25, -0.2) is 0 Å². The van der Waals surface area contributed by atoms with Crippen molar-refractivity contribution in [2.45, 2.75) is 56.8 Å². The largest absolute Gasteiger partial charge is 0.508 e. The third-order valence-corrected chi connectivity index (χ3v) is 11.0. The van der Waals surface area contributed by atoms with Crippen molar-refractivity contribution < 1.29 is 34.2 Å². The fourth-order valence-corrected chi connectivity index (χ4v) is 8.80. The molecule has 10 nitrogen and oxygen atoms in total. The first kappa shape index (κ1) is 32.3. The molecule has 6 atom stereocenters. The van der Waals surface area contributed by atoms with E-state index < -0.39 is 52.8 Å². The molecule has 3 aromatic rings. The summed E-state index contributed by atoms with van der Waals surface area (Å²) >= 11 is 0. The van der Waals surface area contributed by atoms with Crippen molar-refractivity contribution in [2.75, 3.05) is 12.0 Å². The fraction of sp³-hybridized carbons (Fsp3) is 0.359. The molecule has 10 heteroatoms. The molecular formula is C39H39N3O7. The number of phenols is 1. The van der Waals surface area contributed by atoms with Crippen LogP contribution in [-0.4, -0.2) is 56.3 Å². The van der Waals surface area contributed by atoms with Gasteiger partial charge in [-0.15, -0.1) is 0 Å². The number of aryl methyl sites for hydroxylation is 1. The van der Waals surface area contributed by atoms with Crippen LogP contribution in [-0.2, 0) is 29.4 Å². The number of nitrogens with zero attached hydrogens (tertiary/aromatic N) is 2. The van der Waals surface area contributed by atoms with Gasteiger partial charge in [0, 0.05) is 18.9 Å². The lowest BCUT2D eigenvalue weighted by atomic mass is 9.49. The SMILES string of the molecule is Cc1ccc(NN2C(=O)[C@@H]3C[C@@H]4C(=CC[C@@H]5C(=O)N(CCCCCC(=O)O)C(=O)[C@@H]54)[C@H](c4ccc(O)cc4)[C@]3(c3ccccc3)C2=O)cc1. The topological polar surface area (TPSA) is 144 Å². The summed E-state index contributed by atoms with van der Waals surface area (Å²) in [6.07, 6.45) is 4.14. The second kappa shape index (κ2) is 12.7. The van der Waals surface area contributed by atoms with Crippen LogP contribution >= 0.6 is 0 Å². The Kier molecular flexibility index (Phi) is 8.34. The van der Waals surface area contributed by atoms with Crippen molar-refractivity contribution >= 4 is 35.3 Å². The summed E-state index contributed by atoms with van der Waals surface area (Å²) in [5, 5.41) is 20.4. The van der Waals surface area contributed by atoms with E-state index in [-0.39, 0.29) is 37.0 Å². The molecule has 4 aliphatic rings. The van der Waals surface area contributed by atoms with Gasteiger partial charge in [-0.2, -0.15) is 5.01 Å². The van der Waals surface area contributed by atoms with Crippen LogP contribution < -0.4 is 5.43 Å². The molecule has 0 spiro atoms. The van der Waals surface area contributed by atoms with Crippen molar-refractivity contribution in [1.29, 1.82) is 0 Å². The van der Waals surface area contributed by atoms with E-state index in [4.69, 9.17) is 5.11 Å². The van der Waals surface area contributed by atoms with Gasteiger partial charge >= 0.3 is 5.97 Å². The molecule has 252 valence electrons. The van der Waals surface area contributed by atoms with Gasteiger partial charge in [0.05, 0.1) is 28.9 Å². The second-order valence-corrected chi connectivity index (χ2v) is 13.7. The number of rotatable bonds is 10. The van der Waals surface area contributed by atoms with E-state index in [1.807, 2.05) is 67.6 Å². The third kappa shape index (κ3) is 5.30. The molecule has 49 heavy (non-hydrogen) atoms. The van der Waals surface area contributed by atoms with E-state index in [1.165, 1.54) is 4.90 Å². The molecular weight excluding hydrogens is 622 g/mol. The maximum absolute atomic E-state index is 15.1. The number of carbonyl (C=O) groups is 5. The van der Waals surface area contributed by atoms with E-state index in [1.54, 1.807) is 24.3 Å². The minimum Gasteiger partial charge on any atom is -0.508 e. The number of amides is 4. The maximum Gasteiger partial charge on any atom is 0.303 e. The van der Waals surface area contributed by atoms with Crippen LogP contribution in [0.4, 0.5) is 5.69 Å². The number of unbranched alkanes of at least 4 members (excludes halogenated alkanes) is 2. The molecule has 2 heterocycles. The predicted molar refractivity (Wildman–Crippen MR) is 180 cm³/mol. The van der Waals surface area contributed by atoms with Gasteiger partial charge in [0.25, 0.3) is 11.8 Å². The van der Waals surface area contributed by atoms with Gasteiger partial charge in [0.15, 0.2) is 0 Å². The first-order chi connectivity index (χ1) is 23.6. The van der Waals surface area contributed by atoms with Gasteiger partial charge in [0.2, 0.25) is 11.8 Å². The van der Waals surface area contributed by atoms with Crippen molar-refractivity contribution in [2.24, 2.45) is 23.7 Å². The number of phenolic OH excluding ortho intramolecular Hbond substituents is 1. The first-order valence-electron chi connectivity index (χ1n) is 17.0. The van der Waals surface area contributed by atoms with E-state index in [0.29, 0.717) is 36.9 Å². The minimum absolute atomic E-state index is 0.0359. The Bertz CT molecular complexity index is 1840. The summed E-state index contributed by atoms with van der Waals surface area (Å²) in [5.41, 5.74) is 5.62. The number of hydrogen-bond acceptors (Lipinski definition) is 7. The van der Waals surface area contributed by atoms with E-state index >= 15 is 4.79 Å². The lowest BCUT2D eigenvalue weighted by molar-refractivity contribution is -0.141. The standard InChI is InChI=1S/C39H39N3O7/c1-23-11-15-26(16-12-23)40-42-36(47)31-22-30-28(19-20-29-33(30)37(48)41(35(29)46)21-7-3-6-10-32(44)45)34(24-13-17-27(43)18-14-24)39(31,38(42)49)25-8-4-2-5-9-25/h2,4-5,8-9,11-19,29-31,33-34,40,43H,3,6-7,10,20-22H2,1H3,(H,44,45)/t29-,30+,31-,33-,34-,39+/m0/s1. The van der Waals surface area contributed by atoms with Crippen LogP contribution in [0.1, 0.15) is 61.1 Å². The quantitative estimate of drug-likeness (QED) is 0.150. The summed E-state index contributed by atoms with van der Waals surface area (Å²) in [5.74, 6) is -5.35. The molecule has 0 bridgehead atoms. The Hall–Kier alpha value is -5.25. The van der Waals surface area contributed by atoms with Crippen molar-refractivity contribution in [1.82, 2.24) is 9.91 Å². The minimum atomic E-state index is -1.36. The number of hydrazine groups is 1. The molecule has 3 aromatic carbocycles. The Morgan fingerprint density at radius 3 is 2.27 bits per heavy atom. The summed E-state index contributed by atoms with van der Waals surface area (Å²) in [6, 6.07) is 23.4. The van der Waals surface area contributed by atoms with Crippen LogP contribution in [0.2, 0.25) is 0 Å². The number of aromatic hydroxyl groups is 1. The fourth-order valence-electron chi connectivity index (χ4n) is 8.80. The summed E-state index contributed by atoms with van der Waals surface area (Å²) in [6.45, 7) is 2.17. The normalized spacial score (nSPS) is 27.4. The zero-order valence-corrected chi connectivity index (χ0v) is 27.2. The number of allylic oxidation sites excluding steroid dienone is 2. The maximum atomic E-state index is 15.1. The molecule has 7 rings (SSSR count). The highest BCUT2D eigenvalue weighted by Crippen LogP contribution is 2.64. The van der Waals surface area contributed by atoms with E-state index in [9.17, 15) is 24.3 Å². The average Bonchev–Trinajstić information content (AvgIpc) is 3.47. The number of carbonyl (C=O) groups excluding carboxylic acids is 4. The zero-order valence-electron chi connectivity index (χ0n) is 27.2. The highest BCUT2D eigenvalue weighted by atomic mass is 16.4. The lowest BCUT2D eigenvalue weighted by Gasteiger charge is -2.50. The first-order valence-corrected chi connectivity index (χ1v) is 17.0. The summed E-state index contributed by atoms with van der Waals surface area (Å²) in [4.78, 5) is 69.9. The number of hydrogen-bond donors (Lipinski definition) is 3. The summed E-state index contributed by atoms with van der Waals surface area (Å²) < 4.78 is 0. The molecule has 2 saturated heterocycles. The number of carboxylic acids is 1. The molecule has 3 N–H and O–H groups in total. The van der Waals surface area contributed by atoms with E-state index in [2.05, 4.69) is 5.43 Å². The molecule has 4 amide bonds. The number of nitrogens with one attached hydrogen (secondary N) is 1. The predicted octanol–water partition coefficient (Wildman–Crippen LogP) is 5.33. The molecule has 1 saturated carbocycles. The van der Waals surface area contributed by atoms with Crippen LogP contribution in [0.15, 0.2) is 90.5 Å². The zero-order chi connectivity index (χ0) is 34.4. The molecule has 2 aliphatic heterocycles. The Morgan fingerprint density at radius 2 is 1.57 bits per heavy atom. The van der Waals surface area contributed by atoms with Crippen molar-refractivity contribution in [3.63, 3.8) is 0 Å². The number of benzene rings is 3. The number of imide groups is 2. The number of likely N-dealkylation sites (tertiary alicyclic amines) is 1. The van der Waals surface area contributed by atoms with Crippen LogP contribution in [0, 0.1) is 30.6 Å². The molecule has 0 radical (unpaired) electrons. The number of carboxylic acid groups (broad SMARTS) is 1. The smallest absolute Gasteiger partial charge is 0.303 e. The number of anilines is 1. The van der Waals surface area contributed by atoms with Crippen molar-refractivity contribution in [3.8, 4) is 5.75 Å². The number of fused-ring (bicyclic) bond motifs is 4. The summed E-state index contributed by atoms with van der Waals surface area (Å²) in [7, 11) is 0. The average molecular weight is 662 g/mol. The van der Waals surface area contributed by atoms with Gasteiger partial charge < -0.3 is 10.2 Å². The Balaban J connectivity index is 1.32. The van der Waals surface area contributed by atoms with Gasteiger partial charge in [0.1, 0.15) is 5.75 Å². The van der Waals surface area contributed by atoms with Gasteiger partial charge in [-0.3, -0.25) is 34.3 Å². The van der Waals surface area contributed by atoms with Crippen LogP contribution in [0.3, 0.4) is 0 Å². The van der Waals surface area contributed by atoms with Gasteiger partial charge in [-0.05, 0) is 73.9 Å². The van der Waals surface area contributed by atoms with Gasteiger partial charge in [-0.1, -0.05) is 78.2 Å². The Labute approximate surface area is 284 Å². The third-order valence-electron chi connectivity index (χ3n) is 11.0. The highest BCUT2D eigenvalue weighted by molar-refractivity contribution is 6.13. The van der Waals surface area contributed by atoms with Crippen LogP contribution in [0.5, 0.6) is 5.75 Å². The molecule has 3 fully saturated rings. The molecule has 0 aromatic heterocycles. The Morgan fingerprint density at radius 1 is 0.857 bits per heavy atom. The molecule has 0 unspecified atom stereocenters. The van der Waals surface area contributed by atoms with E-state index in [0.717, 1.165) is 21.7 Å². The monoisotopic (exact) mass is 661 g/mol. The highest BCUT2D eigenvalue weighted by Gasteiger charge is 2.70. The number of aliphatic carboxylic acids is 1. The molecule has 2 aliphatic carbocycles. The lowest BCUT2D eigenvalue weighted by Crippen LogP contribution is -2.53. The van der Waals surface area contributed by atoms with Crippen LogP contribution in [0.25, 0.3) is 0 Å². The second-order valence-electron chi connectivity index (χ2n) is 13.7. The van der Waals surface area contributed by atoms with Crippen molar-refractivity contribution in [3.05, 3.63) is 107 Å².